The number of rotatable bonds is 6. The molecule has 8 nitrogen and oxygen atoms in total. The third-order valence-electron chi connectivity index (χ3n) is 6.08. The van der Waals surface area contributed by atoms with E-state index in [2.05, 4.69) is 33.1 Å². The Morgan fingerprint density at radius 2 is 1.88 bits per heavy atom. The molecule has 1 aliphatic rings. The first-order valence-electron chi connectivity index (χ1n) is 10.8. The molecule has 0 unspecified atom stereocenters. The maximum Gasteiger partial charge on any atom is 0.278 e. The van der Waals surface area contributed by atoms with Gasteiger partial charge in [0.1, 0.15) is 0 Å². The number of carbonyl (C=O) groups is 1. The second-order valence-corrected chi connectivity index (χ2v) is 8.19. The maximum absolute atomic E-state index is 12.6. The molecule has 4 rings (SSSR count). The maximum atomic E-state index is 12.6. The van der Waals surface area contributed by atoms with Gasteiger partial charge in [0.05, 0.1) is 22.9 Å². The van der Waals surface area contributed by atoms with E-state index in [1.165, 1.54) is 5.56 Å². The van der Waals surface area contributed by atoms with Crippen LogP contribution < -0.4 is 10.2 Å². The number of nitrogens with one attached hydrogen (secondary N) is 1. The van der Waals surface area contributed by atoms with Crippen LogP contribution in [0.25, 0.3) is 10.8 Å². The molecule has 0 bridgehead atoms. The summed E-state index contributed by atoms with van der Waals surface area (Å²) < 4.78 is 0. The number of pyridine rings is 1. The minimum absolute atomic E-state index is 0.0149. The SMILES string of the molecule is Cc1ccccc1[C@H](C)NC(=O)CN1CCN(c2ccc([N+](=O)[O-])c3cnccc23)CC1. The molecule has 0 aliphatic carbocycles. The van der Waals surface area contributed by atoms with Crippen molar-refractivity contribution in [3.63, 3.8) is 0 Å². The van der Waals surface area contributed by atoms with E-state index >= 15 is 0 Å². The Kier molecular flexibility index (Phi) is 6.32. The van der Waals surface area contributed by atoms with Crippen LogP contribution in [-0.2, 0) is 4.79 Å². The number of nitro benzene ring substituents is 1. The number of benzene rings is 2. The lowest BCUT2D eigenvalue weighted by Crippen LogP contribution is -2.49. The minimum Gasteiger partial charge on any atom is -0.368 e. The number of hydrogen-bond donors (Lipinski definition) is 1. The zero-order valence-electron chi connectivity index (χ0n) is 18.3. The average Bonchev–Trinajstić information content (AvgIpc) is 2.79. The summed E-state index contributed by atoms with van der Waals surface area (Å²) >= 11 is 0. The Morgan fingerprint density at radius 1 is 1.12 bits per heavy atom. The predicted octanol–water partition coefficient (Wildman–Crippen LogP) is 3.45. The van der Waals surface area contributed by atoms with Crippen LogP contribution in [0.4, 0.5) is 11.4 Å². The van der Waals surface area contributed by atoms with Crippen LogP contribution in [0, 0.1) is 17.0 Å². The number of aryl methyl sites for hydroxylation is 1. The molecule has 1 fully saturated rings. The number of anilines is 1. The van der Waals surface area contributed by atoms with E-state index in [1.807, 2.05) is 37.3 Å². The van der Waals surface area contributed by atoms with E-state index in [1.54, 1.807) is 18.5 Å². The van der Waals surface area contributed by atoms with Gasteiger partial charge in [-0.1, -0.05) is 24.3 Å². The molecule has 1 N–H and O–H groups in total. The molecular weight excluding hydrogens is 406 g/mol. The van der Waals surface area contributed by atoms with Crippen molar-refractivity contribution in [2.75, 3.05) is 37.6 Å². The fraction of sp³-hybridized carbons (Fsp3) is 0.333. The first-order chi connectivity index (χ1) is 15.4. The van der Waals surface area contributed by atoms with Gasteiger partial charge in [-0.15, -0.1) is 0 Å². The van der Waals surface area contributed by atoms with E-state index < -0.39 is 0 Å². The molecule has 1 saturated heterocycles. The highest BCUT2D eigenvalue weighted by molar-refractivity contribution is 5.99. The molecule has 0 radical (unpaired) electrons. The van der Waals surface area contributed by atoms with Crippen molar-refractivity contribution in [1.29, 1.82) is 0 Å². The molecule has 8 heteroatoms. The van der Waals surface area contributed by atoms with Crippen LogP contribution in [0.1, 0.15) is 24.1 Å². The lowest BCUT2D eigenvalue weighted by Gasteiger charge is -2.36. The highest BCUT2D eigenvalue weighted by atomic mass is 16.6. The third kappa shape index (κ3) is 4.55. The summed E-state index contributed by atoms with van der Waals surface area (Å²) in [7, 11) is 0. The molecular formula is C24H27N5O3. The Morgan fingerprint density at radius 3 is 2.59 bits per heavy atom. The van der Waals surface area contributed by atoms with Crippen LogP contribution in [0.2, 0.25) is 0 Å². The standard InChI is InChI=1S/C24H27N5O3/c1-17-5-3-4-6-19(17)18(2)26-24(30)16-27-11-13-28(14-12-27)22-7-8-23(29(31)32)21-15-25-10-9-20(21)22/h3-10,15,18H,11-14,16H2,1-2H3,(H,26,30)/t18-/m0/s1. The van der Waals surface area contributed by atoms with Crippen LogP contribution in [0.15, 0.2) is 54.9 Å². The summed E-state index contributed by atoms with van der Waals surface area (Å²) in [6.45, 7) is 7.40. The number of fused-ring (bicyclic) bond motifs is 1. The van der Waals surface area contributed by atoms with Crippen molar-refractivity contribution in [3.8, 4) is 0 Å². The highest BCUT2D eigenvalue weighted by Crippen LogP contribution is 2.33. The molecule has 3 aromatic rings. The topological polar surface area (TPSA) is 91.6 Å². The summed E-state index contributed by atoms with van der Waals surface area (Å²) in [4.78, 5) is 32.0. The van der Waals surface area contributed by atoms with Gasteiger partial charge >= 0.3 is 0 Å². The van der Waals surface area contributed by atoms with Crippen LogP contribution in [0.5, 0.6) is 0 Å². The lowest BCUT2D eigenvalue weighted by molar-refractivity contribution is -0.383. The summed E-state index contributed by atoms with van der Waals surface area (Å²) in [5, 5.41) is 15.8. The Bertz CT molecular complexity index is 1140. The van der Waals surface area contributed by atoms with E-state index in [-0.39, 0.29) is 22.6 Å². The highest BCUT2D eigenvalue weighted by Gasteiger charge is 2.23. The molecule has 1 aromatic heterocycles. The number of non-ortho nitro benzene ring substituents is 1. The number of hydrogen-bond acceptors (Lipinski definition) is 6. The fourth-order valence-electron chi connectivity index (χ4n) is 4.38. The van der Waals surface area contributed by atoms with Gasteiger partial charge in [-0.3, -0.25) is 24.8 Å². The van der Waals surface area contributed by atoms with Gasteiger partial charge in [0.15, 0.2) is 0 Å². The summed E-state index contributed by atoms with van der Waals surface area (Å²) in [5.41, 5.74) is 3.32. The van der Waals surface area contributed by atoms with E-state index in [0.717, 1.165) is 42.8 Å². The van der Waals surface area contributed by atoms with Crippen molar-refractivity contribution in [2.24, 2.45) is 0 Å². The van der Waals surface area contributed by atoms with Gasteiger partial charge in [0.25, 0.3) is 5.69 Å². The van der Waals surface area contributed by atoms with E-state index in [0.29, 0.717) is 11.9 Å². The Labute approximate surface area is 187 Å². The summed E-state index contributed by atoms with van der Waals surface area (Å²) in [6, 6.07) is 13.2. The molecule has 1 atom stereocenters. The number of nitrogens with zero attached hydrogens (tertiary/aromatic N) is 4. The second-order valence-electron chi connectivity index (χ2n) is 8.19. The van der Waals surface area contributed by atoms with Crippen molar-refractivity contribution in [2.45, 2.75) is 19.9 Å². The Balaban J connectivity index is 1.38. The van der Waals surface area contributed by atoms with Crippen molar-refractivity contribution in [3.05, 3.63) is 76.1 Å². The molecule has 32 heavy (non-hydrogen) atoms. The van der Waals surface area contributed by atoms with E-state index in [9.17, 15) is 14.9 Å². The lowest BCUT2D eigenvalue weighted by atomic mass is 10.0. The summed E-state index contributed by atoms with van der Waals surface area (Å²) in [5.74, 6) is 0.0149. The molecule has 0 spiro atoms. The van der Waals surface area contributed by atoms with Gasteiger partial charge in [-0.05, 0) is 37.1 Å². The van der Waals surface area contributed by atoms with Crippen LogP contribution in [0.3, 0.4) is 0 Å². The molecule has 2 heterocycles. The van der Waals surface area contributed by atoms with Crippen LogP contribution >= 0.6 is 0 Å². The fourth-order valence-corrected chi connectivity index (χ4v) is 4.38. The zero-order chi connectivity index (χ0) is 22.7. The zero-order valence-corrected chi connectivity index (χ0v) is 18.3. The monoisotopic (exact) mass is 433 g/mol. The number of aromatic nitrogens is 1. The quantitative estimate of drug-likeness (QED) is 0.473. The molecule has 1 amide bonds. The first-order valence-corrected chi connectivity index (χ1v) is 10.8. The molecule has 0 saturated carbocycles. The van der Waals surface area contributed by atoms with Crippen LogP contribution in [-0.4, -0.2) is 53.4 Å². The van der Waals surface area contributed by atoms with Gasteiger partial charge in [0.2, 0.25) is 5.91 Å². The average molecular weight is 434 g/mol. The van der Waals surface area contributed by atoms with E-state index in [4.69, 9.17) is 0 Å². The molecule has 166 valence electrons. The Hall–Kier alpha value is -3.52. The van der Waals surface area contributed by atoms with Gasteiger partial charge < -0.3 is 10.2 Å². The van der Waals surface area contributed by atoms with Crippen molar-refractivity contribution < 1.29 is 9.72 Å². The van der Waals surface area contributed by atoms with Gasteiger partial charge in [0, 0.05) is 55.7 Å². The van der Waals surface area contributed by atoms with Gasteiger partial charge in [-0.2, -0.15) is 0 Å². The number of amides is 1. The molecule has 2 aromatic carbocycles. The largest absolute Gasteiger partial charge is 0.368 e. The second kappa shape index (κ2) is 9.32. The number of nitro groups is 1. The summed E-state index contributed by atoms with van der Waals surface area (Å²) in [6.07, 6.45) is 3.21. The predicted molar refractivity (Wildman–Crippen MR) is 125 cm³/mol. The smallest absolute Gasteiger partial charge is 0.278 e. The van der Waals surface area contributed by atoms with Gasteiger partial charge in [-0.25, -0.2) is 0 Å². The number of carbonyl (C=O) groups excluding carboxylic acids is 1. The molecule has 1 aliphatic heterocycles. The third-order valence-corrected chi connectivity index (χ3v) is 6.08. The van der Waals surface area contributed by atoms with Crippen molar-refractivity contribution in [1.82, 2.24) is 15.2 Å². The first kappa shape index (κ1) is 21.7. The normalized spacial score (nSPS) is 15.5. The van der Waals surface area contributed by atoms with Crippen molar-refractivity contribution >= 4 is 28.1 Å². The number of piperazine rings is 1. The minimum atomic E-state index is -0.373.